The van der Waals surface area contributed by atoms with Gasteiger partial charge in [0.1, 0.15) is 0 Å². The molecule has 2 rings (SSSR count). The number of hydrogen-bond acceptors (Lipinski definition) is 3. The molecule has 0 bridgehead atoms. The summed E-state index contributed by atoms with van der Waals surface area (Å²) in [6, 6.07) is 12.5. The minimum atomic E-state index is -0.281. The summed E-state index contributed by atoms with van der Waals surface area (Å²) in [4.78, 5) is 13.9. The Kier molecular flexibility index (Phi) is 5.57. The maximum Gasteiger partial charge on any atom is 0.271 e. The Bertz CT molecular complexity index is 699. The number of carbonyl (C=O) groups excluding carboxylic acids is 1. The molecule has 0 fully saturated rings. The second-order valence-corrected chi connectivity index (χ2v) is 6.10. The topological polar surface area (TPSA) is 44.7 Å². The van der Waals surface area contributed by atoms with E-state index in [1.165, 1.54) is 0 Å². The number of carbonyl (C=O) groups is 1. The summed E-state index contributed by atoms with van der Waals surface area (Å²) in [6.45, 7) is 0. The molecule has 0 radical (unpaired) electrons. The Morgan fingerprint density at radius 1 is 1.23 bits per heavy atom. The molecule has 0 heterocycles. The van der Waals surface area contributed by atoms with Gasteiger partial charge in [-0.05, 0) is 57.9 Å². The predicted octanol–water partition coefficient (Wildman–Crippen LogP) is 3.93. The van der Waals surface area contributed by atoms with Crippen LogP contribution in [0, 0.1) is 0 Å². The fourth-order valence-electron chi connectivity index (χ4n) is 1.80. The van der Waals surface area contributed by atoms with Gasteiger partial charge in [0.25, 0.3) is 5.91 Å². The van der Waals surface area contributed by atoms with Crippen molar-refractivity contribution >= 4 is 45.3 Å². The van der Waals surface area contributed by atoms with Crippen LogP contribution < -0.4 is 10.3 Å². The van der Waals surface area contributed by atoms with Gasteiger partial charge in [0, 0.05) is 29.2 Å². The van der Waals surface area contributed by atoms with Gasteiger partial charge in [-0.15, -0.1) is 0 Å². The molecule has 0 atom stereocenters. The number of benzene rings is 2. The van der Waals surface area contributed by atoms with Crippen LogP contribution in [0.2, 0.25) is 5.02 Å². The standard InChI is InChI=1S/C16H15BrClN3O/c1-21(2)15-8-3-11(9-14(15)17)10-19-20-16(22)12-4-6-13(18)7-5-12/h3-10H,1-2H3,(H,20,22)/b19-10-. The second kappa shape index (κ2) is 7.42. The zero-order valence-corrected chi connectivity index (χ0v) is 14.5. The molecule has 2 aromatic rings. The molecule has 4 nitrogen and oxygen atoms in total. The van der Waals surface area contributed by atoms with Gasteiger partial charge in [0.15, 0.2) is 0 Å². The first-order valence-electron chi connectivity index (χ1n) is 6.53. The van der Waals surface area contributed by atoms with E-state index >= 15 is 0 Å². The van der Waals surface area contributed by atoms with Crippen molar-refractivity contribution < 1.29 is 4.79 Å². The van der Waals surface area contributed by atoms with Gasteiger partial charge in [-0.25, -0.2) is 5.43 Å². The number of amides is 1. The van der Waals surface area contributed by atoms with E-state index in [-0.39, 0.29) is 5.91 Å². The van der Waals surface area contributed by atoms with Crippen molar-refractivity contribution in [2.45, 2.75) is 0 Å². The highest BCUT2D eigenvalue weighted by Gasteiger charge is 2.04. The van der Waals surface area contributed by atoms with Crippen molar-refractivity contribution in [3.63, 3.8) is 0 Å². The third-order valence-corrected chi connectivity index (χ3v) is 3.83. The van der Waals surface area contributed by atoms with Crippen LogP contribution in [0.1, 0.15) is 15.9 Å². The van der Waals surface area contributed by atoms with Crippen molar-refractivity contribution in [3.8, 4) is 0 Å². The van der Waals surface area contributed by atoms with Crippen LogP contribution in [-0.4, -0.2) is 26.2 Å². The number of anilines is 1. The summed E-state index contributed by atoms with van der Waals surface area (Å²) in [5.41, 5.74) is 4.95. The number of hydrogen-bond donors (Lipinski definition) is 1. The summed E-state index contributed by atoms with van der Waals surface area (Å²) in [5.74, 6) is -0.281. The number of nitrogens with zero attached hydrogens (tertiary/aromatic N) is 2. The summed E-state index contributed by atoms with van der Waals surface area (Å²) in [7, 11) is 3.94. The molecule has 0 spiro atoms. The predicted molar refractivity (Wildman–Crippen MR) is 95.0 cm³/mol. The fourth-order valence-corrected chi connectivity index (χ4v) is 2.67. The minimum absolute atomic E-state index is 0.281. The van der Waals surface area contributed by atoms with Crippen LogP contribution in [0.3, 0.4) is 0 Å². The third-order valence-electron chi connectivity index (χ3n) is 2.94. The molecule has 0 unspecified atom stereocenters. The molecule has 0 aliphatic carbocycles. The molecule has 6 heteroatoms. The Balaban J connectivity index is 2.02. The van der Waals surface area contributed by atoms with Gasteiger partial charge in [0.2, 0.25) is 0 Å². The molecule has 114 valence electrons. The van der Waals surface area contributed by atoms with E-state index in [1.54, 1.807) is 30.5 Å². The summed E-state index contributed by atoms with van der Waals surface area (Å²) in [6.07, 6.45) is 1.60. The Morgan fingerprint density at radius 3 is 2.50 bits per heavy atom. The molecule has 0 aliphatic heterocycles. The van der Waals surface area contributed by atoms with Gasteiger partial charge in [0.05, 0.1) is 11.9 Å². The van der Waals surface area contributed by atoms with Gasteiger partial charge in [-0.2, -0.15) is 5.10 Å². The summed E-state index contributed by atoms with van der Waals surface area (Å²) in [5, 5.41) is 4.55. The van der Waals surface area contributed by atoms with Crippen molar-refractivity contribution in [2.75, 3.05) is 19.0 Å². The van der Waals surface area contributed by atoms with Gasteiger partial charge in [-0.1, -0.05) is 17.7 Å². The van der Waals surface area contributed by atoms with Crippen LogP contribution >= 0.6 is 27.5 Å². The lowest BCUT2D eigenvalue weighted by Gasteiger charge is -2.14. The Morgan fingerprint density at radius 2 is 1.91 bits per heavy atom. The van der Waals surface area contributed by atoms with Crippen molar-refractivity contribution in [2.24, 2.45) is 5.10 Å². The molecule has 0 aromatic heterocycles. The SMILES string of the molecule is CN(C)c1ccc(/C=N\NC(=O)c2ccc(Cl)cc2)cc1Br. The fraction of sp³-hybridized carbons (Fsp3) is 0.125. The third kappa shape index (κ3) is 4.32. The average molecular weight is 381 g/mol. The van der Waals surface area contributed by atoms with E-state index in [2.05, 4.69) is 26.5 Å². The summed E-state index contributed by atoms with van der Waals surface area (Å²) < 4.78 is 0.963. The van der Waals surface area contributed by atoms with Crippen LogP contribution in [0.25, 0.3) is 0 Å². The number of nitrogens with one attached hydrogen (secondary N) is 1. The lowest BCUT2D eigenvalue weighted by molar-refractivity contribution is 0.0955. The summed E-state index contributed by atoms with van der Waals surface area (Å²) >= 11 is 9.29. The van der Waals surface area contributed by atoms with Crippen LogP contribution in [0.15, 0.2) is 52.0 Å². The minimum Gasteiger partial charge on any atom is -0.377 e. The molecule has 0 saturated heterocycles. The average Bonchev–Trinajstić information content (AvgIpc) is 2.47. The Labute approximate surface area is 142 Å². The quantitative estimate of drug-likeness (QED) is 0.645. The molecular formula is C16H15BrClN3O. The zero-order valence-electron chi connectivity index (χ0n) is 12.2. The highest BCUT2D eigenvalue weighted by atomic mass is 79.9. The van der Waals surface area contributed by atoms with Crippen molar-refractivity contribution in [3.05, 3.63) is 63.1 Å². The normalized spacial score (nSPS) is 10.7. The highest BCUT2D eigenvalue weighted by molar-refractivity contribution is 9.10. The molecule has 1 amide bonds. The van der Waals surface area contributed by atoms with E-state index in [1.807, 2.05) is 37.2 Å². The largest absolute Gasteiger partial charge is 0.377 e. The molecule has 2 aromatic carbocycles. The Hall–Kier alpha value is -1.85. The van der Waals surface area contributed by atoms with Gasteiger partial charge in [-0.3, -0.25) is 4.79 Å². The maximum atomic E-state index is 11.9. The lowest BCUT2D eigenvalue weighted by Crippen LogP contribution is -2.17. The van der Waals surface area contributed by atoms with Gasteiger partial charge < -0.3 is 4.90 Å². The first-order chi connectivity index (χ1) is 10.5. The molecule has 0 aliphatic rings. The molecular weight excluding hydrogens is 366 g/mol. The van der Waals surface area contributed by atoms with Crippen LogP contribution in [0.4, 0.5) is 5.69 Å². The second-order valence-electron chi connectivity index (χ2n) is 4.81. The molecule has 22 heavy (non-hydrogen) atoms. The van der Waals surface area contributed by atoms with E-state index in [0.29, 0.717) is 10.6 Å². The molecule has 0 saturated carbocycles. The van der Waals surface area contributed by atoms with Crippen LogP contribution in [-0.2, 0) is 0 Å². The van der Waals surface area contributed by atoms with E-state index in [4.69, 9.17) is 11.6 Å². The van der Waals surface area contributed by atoms with Crippen molar-refractivity contribution in [1.29, 1.82) is 0 Å². The number of hydrazone groups is 1. The first kappa shape index (κ1) is 16.5. The first-order valence-corrected chi connectivity index (χ1v) is 7.70. The van der Waals surface area contributed by atoms with Crippen LogP contribution in [0.5, 0.6) is 0 Å². The smallest absolute Gasteiger partial charge is 0.271 e. The van der Waals surface area contributed by atoms with E-state index in [9.17, 15) is 4.79 Å². The molecule has 1 N–H and O–H groups in total. The highest BCUT2D eigenvalue weighted by Crippen LogP contribution is 2.25. The number of halogens is 2. The number of rotatable bonds is 4. The van der Waals surface area contributed by atoms with E-state index in [0.717, 1.165) is 15.7 Å². The zero-order chi connectivity index (χ0) is 16.1. The van der Waals surface area contributed by atoms with E-state index < -0.39 is 0 Å². The lowest BCUT2D eigenvalue weighted by atomic mass is 10.2. The van der Waals surface area contributed by atoms with Crippen molar-refractivity contribution in [1.82, 2.24) is 5.43 Å². The maximum absolute atomic E-state index is 11.9. The monoisotopic (exact) mass is 379 g/mol. The van der Waals surface area contributed by atoms with Gasteiger partial charge >= 0.3 is 0 Å².